The number of nitrogens with zero attached hydrogens (tertiary/aromatic N) is 1. The van der Waals surface area contributed by atoms with Crippen molar-refractivity contribution in [3.8, 4) is 0 Å². The molecule has 0 spiro atoms. The number of anilines is 2. The Morgan fingerprint density at radius 1 is 1.14 bits per heavy atom. The zero-order valence-electron chi connectivity index (χ0n) is 12.9. The van der Waals surface area contributed by atoms with Gasteiger partial charge in [0.05, 0.1) is 0 Å². The predicted molar refractivity (Wildman–Crippen MR) is 86.9 cm³/mol. The first-order chi connectivity index (χ1) is 9.91. The van der Waals surface area contributed by atoms with Crippen LogP contribution in [0.2, 0.25) is 0 Å². The van der Waals surface area contributed by atoms with Crippen LogP contribution in [0, 0.1) is 0 Å². The van der Waals surface area contributed by atoms with E-state index < -0.39 is 0 Å². The number of nitrogens with one attached hydrogen (secondary N) is 2. The molecule has 4 nitrogen and oxygen atoms in total. The molecule has 0 radical (unpaired) electrons. The van der Waals surface area contributed by atoms with Crippen molar-refractivity contribution in [3.05, 3.63) is 53.9 Å². The number of para-hydroxylation sites is 1. The van der Waals surface area contributed by atoms with Gasteiger partial charge in [0, 0.05) is 24.6 Å². The molecule has 2 rings (SSSR count). The molecule has 4 heteroatoms. The first-order valence-electron chi connectivity index (χ1n) is 6.96. The molecule has 1 heterocycles. The third-order valence-electron chi connectivity index (χ3n) is 3.26. The Morgan fingerprint density at radius 3 is 2.52 bits per heavy atom. The van der Waals surface area contributed by atoms with Crippen LogP contribution >= 0.6 is 0 Å². The van der Waals surface area contributed by atoms with E-state index in [4.69, 9.17) is 0 Å². The maximum Gasteiger partial charge on any atom is 0.274 e. The Hall–Kier alpha value is -2.36. The van der Waals surface area contributed by atoms with Gasteiger partial charge in [-0.1, -0.05) is 39.0 Å². The molecule has 2 N–H and O–H groups in total. The average molecular weight is 283 g/mol. The molecule has 1 aromatic heterocycles. The summed E-state index contributed by atoms with van der Waals surface area (Å²) in [6.45, 7) is 6.37. The molecule has 0 saturated carbocycles. The Labute approximate surface area is 125 Å². The van der Waals surface area contributed by atoms with Crippen molar-refractivity contribution < 1.29 is 4.79 Å². The molecule has 0 fully saturated rings. The lowest BCUT2D eigenvalue weighted by Crippen LogP contribution is -2.19. The number of aromatic nitrogens is 1. The molecule has 21 heavy (non-hydrogen) atoms. The second kappa shape index (κ2) is 5.95. The van der Waals surface area contributed by atoms with Crippen molar-refractivity contribution in [1.29, 1.82) is 0 Å². The Balaban J connectivity index is 2.28. The fourth-order valence-electron chi connectivity index (χ4n) is 2.14. The van der Waals surface area contributed by atoms with Crippen LogP contribution in [0.4, 0.5) is 11.4 Å². The number of hydrogen-bond donors (Lipinski definition) is 2. The average Bonchev–Trinajstić information content (AvgIpc) is 2.46. The Bertz CT molecular complexity index is 644. The SMILES string of the molecule is CNc1ccnc(C(=O)Nc2ccccc2C(C)(C)C)c1. The van der Waals surface area contributed by atoms with Gasteiger partial charge in [-0.25, -0.2) is 0 Å². The van der Waals surface area contributed by atoms with Crippen molar-refractivity contribution in [3.63, 3.8) is 0 Å². The molecule has 110 valence electrons. The summed E-state index contributed by atoms with van der Waals surface area (Å²) in [4.78, 5) is 16.5. The van der Waals surface area contributed by atoms with Crippen LogP contribution in [0.5, 0.6) is 0 Å². The predicted octanol–water partition coefficient (Wildman–Crippen LogP) is 3.67. The Kier molecular flexibility index (Phi) is 4.26. The summed E-state index contributed by atoms with van der Waals surface area (Å²) in [6.07, 6.45) is 1.62. The summed E-state index contributed by atoms with van der Waals surface area (Å²) in [7, 11) is 1.81. The lowest BCUT2D eigenvalue weighted by molar-refractivity contribution is 0.102. The third-order valence-corrected chi connectivity index (χ3v) is 3.26. The standard InChI is InChI=1S/C17H21N3O/c1-17(2,3)13-7-5-6-8-14(13)20-16(21)15-11-12(18-4)9-10-19-15/h5-11H,1-4H3,(H,18,19)(H,20,21). The van der Waals surface area contributed by atoms with E-state index in [-0.39, 0.29) is 11.3 Å². The van der Waals surface area contributed by atoms with E-state index in [1.54, 1.807) is 12.3 Å². The van der Waals surface area contributed by atoms with Crippen molar-refractivity contribution in [2.45, 2.75) is 26.2 Å². The second-order valence-corrected chi connectivity index (χ2v) is 5.93. The first kappa shape index (κ1) is 15.0. The molecular weight excluding hydrogens is 262 g/mol. The van der Waals surface area contributed by atoms with Gasteiger partial charge in [-0.3, -0.25) is 9.78 Å². The molecule has 2 aromatic rings. The third kappa shape index (κ3) is 3.60. The van der Waals surface area contributed by atoms with Gasteiger partial charge in [-0.05, 0) is 29.2 Å². The largest absolute Gasteiger partial charge is 0.388 e. The number of amides is 1. The monoisotopic (exact) mass is 283 g/mol. The second-order valence-electron chi connectivity index (χ2n) is 5.93. The first-order valence-corrected chi connectivity index (χ1v) is 6.96. The topological polar surface area (TPSA) is 54.0 Å². The van der Waals surface area contributed by atoms with Gasteiger partial charge in [0.25, 0.3) is 5.91 Å². The van der Waals surface area contributed by atoms with E-state index in [1.165, 1.54) is 0 Å². The van der Waals surface area contributed by atoms with Crippen LogP contribution < -0.4 is 10.6 Å². The van der Waals surface area contributed by atoms with Crippen LogP contribution in [0.15, 0.2) is 42.6 Å². The van der Waals surface area contributed by atoms with Crippen LogP contribution in [0.1, 0.15) is 36.8 Å². The van der Waals surface area contributed by atoms with E-state index in [0.29, 0.717) is 5.69 Å². The van der Waals surface area contributed by atoms with E-state index >= 15 is 0 Å². The minimum absolute atomic E-state index is 0.0376. The highest BCUT2D eigenvalue weighted by atomic mass is 16.1. The molecule has 1 amide bonds. The summed E-state index contributed by atoms with van der Waals surface area (Å²) in [5, 5.41) is 5.96. The minimum Gasteiger partial charge on any atom is -0.388 e. The van der Waals surface area contributed by atoms with Crippen molar-refractivity contribution in [1.82, 2.24) is 4.98 Å². The number of carbonyl (C=O) groups is 1. The van der Waals surface area contributed by atoms with Gasteiger partial charge in [0.1, 0.15) is 5.69 Å². The zero-order chi connectivity index (χ0) is 15.5. The molecule has 0 aliphatic heterocycles. The van der Waals surface area contributed by atoms with Gasteiger partial charge in [-0.15, -0.1) is 0 Å². The maximum atomic E-state index is 12.4. The fraction of sp³-hybridized carbons (Fsp3) is 0.294. The molecule has 0 aliphatic carbocycles. The van der Waals surface area contributed by atoms with Crippen molar-refractivity contribution >= 4 is 17.3 Å². The van der Waals surface area contributed by atoms with Gasteiger partial charge >= 0.3 is 0 Å². The highest BCUT2D eigenvalue weighted by Crippen LogP contribution is 2.29. The molecular formula is C17H21N3O. The highest BCUT2D eigenvalue weighted by Gasteiger charge is 2.19. The smallest absolute Gasteiger partial charge is 0.274 e. The van der Waals surface area contributed by atoms with Gasteiger partial charge in [0.15, 0.2) is 0 Å². The molecule has 1 aromatic carbocycles. The van der Waals surface area contributed by atoms with Crippen molar-refractivity contribution in [2.24, 2.45) is 0 Å². The molecule has 0 unspecified atom stereocenters. The highest BCUT2D eigenvalue weighted by molar-refractivity contribution is 6.03. The van der Waals surface area contributed by atoms with Crippen LogP contribution in [-0.4, -0.2) is 17.9 Å². The van der Waals surface area contributed by atoms with Crippen LogP contribution in [-0.2, 0) is 5.41 Å². The quantitative estimate of drug-likeness (QED) is 0.903. The van der Waals surface area contributed by atoms with Gasteiger partial charge in [-0.2, -0.15) is 0 Å². The van der Waals surface area contributed by atoms with Gasteiger partial charge in [0.2, 0.25) is 0 Å². The number of rotatable bonds is 3. The summed E-state index contributed by atoms with van der Waals surface area (Å²) < 4.78 is 0. The number of benzene rings is 1. The molecule has 0 atom stereocenters. The fourth-order valence-corrected chi connectivity index (χ4v) is 2.14. The molecule has 0 bridgehead atoms. The summed E-state index contributed by atoms with van der Waals surface area (Å²) in [6, 6.07) is 11.4. The maximum absolute atomic E-state index is 12.4. The van der Waals surface area contributed by atoms with E-state index in [2.05, 4.69) is 36.4 Å². The zero-order valence-corrected chi connectivity index (χ0v) is 12.9. The van der Waals surface area contributed by atoms with E-state index in [0.717, 1.165) is 16.9 Å². The summed E-state index contributed by atoms with van der Waals surface area (Å²) in [5.74, 6) is -0.205. The Morgan fingerprint density at radius 2 is 1.86 bits per heavy atom. The summed E-state index contributed by atoms with van der Waals surface area (Å²) >= 11 is 0. The normalized spacial score (nSPS) is 11.0. The van der Waals surface area contributed by atoms with Gasteiger partial charge < -0.3 is 10.6 Å². The summed E-state index contributed by atoms with van der Waals surface area (Å²) in [5.41, 5.74) is 3.14. The number of pyridine rings is 1. The molecule has 0 saturated heterocycles. The minimum atomic E-state index is -0.205. The van der Waals surface area contributed by atoms with E-state index in [9.17, 15) is 4.79 Å². The van der Waals surface area contributed by atoms with Crippen LogP contribution in [0.25, 0.3) is 0 Å². The number of carbonyl (C=O) groups excluding carboxylic acids is 1. The number of hydrogen-bond acceptors (Lipinski definition) is 3. The molecule has 0 aliphatic rings. The van der Waals surface area contributed by atoms with Crippen LogP contribution in [0.3, 0.4) is 0 Å². The van der Waals surface area contributed by atoms with Crippen molar-refractivity contribution in [2.75, 3.05) is 17.7 Å². The lowest BCUT2D eigenvalue weighted by Gasteiger charge is -2.22. The van der Waals surface area contributed by atoms with E-state index in [1.807, 2.05) is 37.4 Å². The lowest BCUT2D eigenvalue weighted by atomic mass is 9.86.